The molecule has 1 fully saturated rings. The molecule has 3 rings (SSSR count). The van der Waals surface area contributed by atoms with E-state index in [9.17, 15) is 9.00 Å². The first-order chi connectivity index (χ1) is 11.7. The highest BCUT2D eigenvalue weighted by molar-refractivity contribution is 7.85. The van der Waals surface area contributed by atoms with Gasteiger partial charge in [0, 0.05) is 24.1 Å². The van der Waals surface area contributed by atoms with Gasteiger partial charge in [0.05, 0.1) is 29.1 Å². The summed E-state index contributed by atoms with van der Waals surface area (Å²) in [6.07, 6.45) is 3.20. The summed E-state index contributed by atoms with van der Waals surface area (Å²) in [6.45, 7) is 6.67. The number of methoxy groups -OCH3 is 1. The van der Waals surface area contributed by atoms with Crippen LogP contribution in [-0.4, -0.2) is 45.2 Å². The van der Waals surface area contributed by atoms with Crippen LogP contribution in [0.25, 0.3) is 0 Å². The van der Waals surface area contributed by atoms with E-state index < -0.39 is 16.9 Å². The van der Waals surface area contributed by atoms with Gasteiger partial charge >= 0.3 is 6.09 Å². The number of hydrogen-bond donors (Lipinski definition) is 2. The zero-order valence-corrected chi connectivity index (χ0v) is 16.1. The van der Waals surface area contributed by atoms with Gasteiger partial charge in [-0.15, -0.1) is 0 Å². The molecule has 2 heterocycles. The summed E-state index contributed by atoms with van der Waals surface area (Å²) in [7, 11) is 0.283. The molecule has 1 unspecified atom stereocenters. The number of aryl methyl sites for hydroxylation is 1. The van der Waals surface area contributed by atoms with Gasteiger partial charge in [-0.1, -0.05) is 20.8 Å². The summed E-state index contributed by atoms with van der Waals surface area (Å²) in [5, 5.41) is 6.28. The third-order valence-electron chi connectivity index (χ3n) is 4.81. The van der Waals surface area contributed by atoms with Crippen LogP contribution < -0.4 is 10.6 Å². The van der Waals surface area contributed by atoms with Crippen LogP contribution in [-0.2, 0) is 27.4 Å². The molecule has 1 saturated carbocycles. The molecule has 25 heavy (non-hydrogen) atoms. The molecule has 1 amide bonds. The van der Waals surface area contributed by atoms with Crippen LogP contribution in [0.3, 0.4) is 0 Å². The number of amides is 1. The second-order valence-corrected chi connectivity index (χ2v) is 9.33. The van der Waals surface area contributed by atoms with Gasteiger partial charge in [0.15, 0.2) is 0 Å². The number of anilines is 1. The Balaban J connectivity index is 1.92. The maximum atomic E-state index is 12.5. The minimum Gasteiger partial charge on any atom is -0.453 e. The van der Waals surface area contributed by atoms with E-state index in [1.165, 1.54) is 7.11 Å². The molecule has 1 aromatic rings. The number of rotatable bonds is 4. The van der Waals surface area contributed by atoms with Gasteiger partial charge in [0.25, 0.3) is 0 Å². The van der Waals surface area contributed by atoms with Crippen LogP contribution in [0.2, 0.25) is 0 Å². The van der Waals surface area contributed by atoms with Crippen molar-refractivity contribution in [2.45, 2.75) is 62.3 Å². The standard InChI is InChI=1S/C17H26N4O3S/c1-16(2,3)14-19-11-6-9-25(23)12(11)13(20-14)21-17(7-5-8-17)10-18-15(22)24-4/h5-10H2,1-4H3,(H,18,22)(H,19,20,21). The molecule has 1 aliphatic heterocycles. The smallest absolute Gasteiger partial charge is 0.406 e. The fourth-order valence-electron chi connectivity index (χ4n) is 3.13. The molecule has 0 aromatic carbocycles. The van der Waals surface area contributed by atoms with Crippen molar-refractivity contribution in [2.75, 3.05) is 24.7 Å². The first-order valence-electron chi connectivity index (χ1n) is 8.64. The van der Waals surface area contributed by atoms with E-state index in [0.29, 0.717) is 18.1 Å². The van der Waals surface area contributed by atoms with Crippen molar-refractivity contribution in [2.24, 2.45) is 0 Å². The van der Waals surface area contributed by atoms with E-state index in [1.807, 2.05) is 0 Å². The molecular weight excluding hydrogens is 340 g/mol. The lowest BCUT2D eigenvalue weighted by atomic mass is 9.76. The Morgan fingerprint density at radius 1 is 1.32 bits per heavy atom. The number of aromatic nitrogens is 2. The average molecular weight is 366 g/mol. The predicted molar refractivity (Wildman–Crippen MR) is 96.3 cm³/mol. The van der Waals surface area contributed by atoms with E-state index in [0.717, 1.165) is 42.1 Å². The van der Waals surface area contributed by atoms with E-state index in [4.69, 9.17) is 4.98 Å². The summed E-state index contributed by atoms with van der Waals surface area (Å²) < 4.78 is 17.1. The summed E-state index contributed by atoms with van der Waals surface area (Å²) in [5.41, 5.74) is 0.432. The van der Waals surface area contributed by atoms with Crippen LogP contribution >= 0.6 is 0 Å². The maximum Gasteiger partial charge on any atom is 0.406 e. The van der Waals surface area contributed by atoms with Crippen LogP contribution in [0.5, 0.6) is 0 Å². The monoisotopic (exact) mass is 366 g/mol. The Morgan fingerprint density at radius 3 is 2.60 bits per heavy atom. The fraction of sp³-hybridized carbons (Fsp3) is 0.706. The molecule has 0 spiro atoms. The van der Waals surface area contributed by atoms with Gasteiger partial charge in [0.1, 0.15) is 16.5 Å². The minimum atomic E-state index is -1.07. The zero-order chi connectivity index (χ0) is 18.2. The lowest BCUT2D eigenvalue weighted by Crippen LogP contribution is -2.54. The number of carbonyl (C=O) groups is 1. The van der Waals surface area contributed by atoms with Crippen molar-refractivity contribution in [3.8, 4) is 0 Å². The van der Waals surface area contributed by atoms with Gasteiger partial charge < -0.3 is 15.4 Å². The highest BCUT2D eigenvalue weighted by Crippen LogP contribution is 2.38. The third-order valence-corrected chi connectivity index (χ3v) is 6.27. The first-order valence-corrected chi connectivity index (χ1v) is 9.96. The van der Waals surface area contributed by atoms with Gasteiger partial charge in [0.2, 0.25) is 0 Å². The molecule has 2 aliphatic rings. The Kier molecular flexibility index (Phi) is 4.74. The lowest BCUT2D eigenvalue weighted by molar-refractivity contribution is 0.163. The topological polar surface area (TPSA) is 93.2 Å². The third kappa shape index (κ3) is 3.63. The Labute approximate surface area is 150 Å². The predicted octanol–water partition coefficient (Wildman–Crippen LogP) is 2.13. The molecule has 0 bridgehead atoms. The molecule has 1 atom stereocenters. The van der Waals surface area contributed by atoms with E-state index in [-0.39, 0.29) is 11.0 Å². The zero-order valence-electron chi connectivity index (χ0n) is 15.3. The number of ether oxygens (including phenoxy) is 1. The van der Waals surface area contributed by atoms with Crippen molar-refractivity contribution in [3.05, 3.63) is 11.5 Å². The molecule has 0 saturated heterocycles. The number of hydrogen-bond acceptors (Lipinski definition) is 6. The van der Waals surface area contributed by atoms with Crippen LogP contribution in [0.1, 0.15) is 51.6 Å². The van der Waals surface area contributed by atoms with Crippen molar-refractivity contribution in [3.63, 3.8) is 0 Å². The summed E-state index contributed by atoms with van der Waals surface area (Å²) >= 11 is 0. The van der Waals surface area contributed by atoms with Crippen molar-refractivity contribution in [1.82, 2.24) is 15.3 Å². The van der Waals surface area contributed by atoms with E-state index in [1.54, 1.807) is 0 Å². The molecule has 138 valence electrons. The van der Waals surface area contributed by atoms with Crippen LogP contribution in [0, 0.1) is 0 Å². The van der Waals surface area contributed by atoms with Crippen LogP contribution in [0.15, 0.2) is 4.90 Å². The average Bonchev–Trinajstić information content (AvgIpc) is 2.90. The fourth-order valence-corrected chi connectivity index (χ4v) is 4.44. The van der Waals surface area contributed by atoms with Crippen LogP contribution in [0.4, 0.5) is 10.6 Å². The normalized spacial score (nSPS) is 21.2. The molecule has 7 nitrogen and oxygen atoms in total. The second kappa shape index (κ2) is 6.55. The summed E-state index contributed by atoms with van der Waals surface area (Å²) in [5.74, 6) is 2.01. The molecule has 8 heteroatoms. The SMILES string of the molecule is COC(=O)NCC1(Nc2nc(C(C)(C)C)nc3c2S(=O)CC3)CCC1. The van der Waals surface area contributed by atoms with Crippen molar-refractivity contribution < 1.29 is 13.7 Å². The highest BCUT2D eigenvalue weighted by atomic mass is 32.2. The maximum absolute atomic E-state index is 12.5. The van der Waals surface area contributed by atoms with Gasteiger partial charge in [-0.05, 0) is 19.3 Å². The molecule has 2 N–H and O–H groups in total. The second-order valence-electron chi connectivity index (χ2n) is 7.83. The van der Waals surface area contributed by atoms with E-state index >= 15 is 0 Å². The Bertz CT molecular complexity index is 711. The lowest BCUT2D eigenvalue weighted by Gasteiger charge is -2.43. The summed E-state index contributed by atoms with van der Waals surface area (Å²) in [4.78, 5) is 21.6. The highest BCUT2D eigenvalue weighted by Gasteiger charge is 2.40. The molecule has 1 aromatic heterocycles. The van der Waals surface area contributed by atoms with Gasteiger partial charge in [-0.3, -0.25) is 4.21 Å². The Hall–Kier alpha value is -1.70. The first kappa shape index (κ1) is 18.1. The number of nitrogens with one attached hydrogen (secondary N) is 2. The van der Waals surface area contributed by atoms with Gasteiger partial charge in [-0.25, -0.2) is 14.8 Å². The van der Waals surface area contributed by atoms with Gasteiger partial charge in [-0.2, -0.15) is 0 Å². The van der Waals surface area contributed by atoms with Crippen molar-refractivity contribution in [1.29, 1.82) is 0 Å². The largest absolute Gasteiger partial charge is 0.453 e. The minimum absolute atomic E-state index is 0.188. The molecule has 0 radical (unpaired) electrons. The molecule has 1 aliphatic carbocycles. The quantitative estimate of drug-likeness (QED) is 0.848. The number of carbonyl (C=O) groups excluding carboxylic acids is 1. The summed E-state index contributed by atoms with van der Waals surface area (Å²) in [6, 6.07) is 0. The number of alkyl carbamates (subject to hydrolysis) is 1. The van der Waals surface area contributed by atoms with Crippen molar-refractivity contribution >= 4 is 22.7 Å². The Morgan fingerprint density at radius 2 is 2.04 bits per heavy atom. The number of fused-ring (bicyclic) bond motifs is 1. The number of nitrogens with zero attached hydrogens (tertiary/aromatic N) is 2. The molecular formula is C17H26N4O3S. The van der Waals surface area contributed by atoms with E-state index in [2.05, 4.69) is 41.1 Å².